The fourth-order valence-electron chi connectivity index (χ4n) is 1.45. The Morgan fingerprint density at radius 3 is 2.38 bits per heavy atom. The van der Waals surface area contributed by atoms with E-state index in [4.69, 9.17) is 14.9 Å². The zero-order valence-electron chi connectivity index (χ0n) is 10.5. The first-order chi connectivity index (χ1) is 7.46. The topological polar surface area (TPSA) is 44.5 Å². The number of hydrogen-bond donors (Lipinski definition) is 1. The first-order valence-electron chi connectivity index (χ1n) is 5.52. The minimum atomic E-state index is -1.60. The molecule has 0 aromatic heterocycles. The van der Waals surface area contributed by atoms with Crippen LogP contribution in [0.3, 0.4) is 0 Å². The first-order valence-corrected chi connectivity index (χ1v) is 8.93. The Morgan fingerprint density at radius 2 is 1.88 bits per heavy atom. The van der Waals surface area contributed by atoms with Crippen LogP contribution in [-0.2, 0) is 6.42 Å². The summed E-state index contributed by atoms with van der Waals surface area (Å²) >= 11 is 0. The second-order valence-corrected chi connectivity index (χ2v) is 9.17. The number of nitrogens with two attached hydrogens (primary N) is 1. The maximum Gasteiger partial charge on any atom is 0.242 e. The molecule has 0 fully saturated rings. The van der Waals surface area contributed by atoms with Gasteiger partial charge < -0.3 is 14.9 Å². The molecule has 0 atom stereocenters. The molecule has 0 amide bonds. The van der Waals surface area contributed by atoms with Gasteiger partial charge >= 0.3 is 0 Å². The van der Waals surface area contributed by atoms with E-state index in [2.05, 4.69) is 19.6 Å². The van der Waals surface area contributed by atoms with E-state index >= 15 is 0 Å². The molecule has 1 aromatic carbocycles. The average molecular weight is 239 g/mol. The van der Waals surface area contributed by atoms with Gasteiger partial charge in [0.05, 0.1) is 7.11 Å². The third-order valence-electron chi connectivity index (χ3n) is 2.08. The standard InChI is InChI=1S/C12H21NO2Si/c1-14-11-6-5-10(7-8-13)9-12(11)15-16(2,3)4/h5-6,9H,7-8,13H2,1-4H3. The number of benzene rings is 1. The summed E-state index contributed by atoms with van der Waals surface area (Å²) in [4.78, 5) is 0. The zero-order valence-corrected chi connectivity index (χ0v) is 11.5. The van der Waals surface area contributed by atoms with Crippen molar-refractivity contribution in [2.24, 2.45) is 5.73 Å². The van der Waals surface area contributed by atoms with Crippen LogP contribution in [0, 0.1) is 0 Å². The quantitative estimate of drug-likeness (QED) is 0.803. The molecular weight excluding hydrogens is 218 g/mol. The van der Waals surface area contributed by atoms with Gasteiger partial charge in [-0.25, -0.2) is 0 Å². The van der Waals surface area contributed by atoms with Crippen LogP contribution < -0.4 is 14.9 Å². The van der Waals surface area contributed by atoms with E-state index in [1.54, 1.807) is 7.11 Å². The van der Waals surface area contributed by atoms with Crippen molar-refractivity contribution in [3.05, 3.63) is 23.8 Å². The molecule has 3 nitrogen and oxygen atoms in total. The van der Waals surface area contributed by atoms with E-state index in [1.165, 1.54) is 5.56 Å². The normalized spacial score (nSPS) is 11.3. The summed E-state index contributed by atoms with van der Waals surface area (Å²) in [5.74, 6) is 1.64. The molecule has 90 valence electrons. The lowest BCUT2D eigenvalue weighted by Gasteiger charge is -2.21. The van der Waals surface area contributed by atoms with E-state index in [0.717, 1.165) is 17.9 Å². The molecule has 0 saturated heterocycles. The molecule has 2 N–H and O–H groups in total. The van der Waals surface area contributed by atoms with Gasteiger partial charge in [-0.15, -0.1) is 0 Å². The highest BCUT2D eigenvalue weighted by Gasteiger charge is 2.18. The minimum absolute atomic E-state index is 0.652. The van der Waals surface area contributed by atoms with Gasteiger partial charge in [0.1, 0.15) is 5.75 Å². The third-order valence-corrected chi connectivity index (χ3v) is 2.91. The van der Waals surface area contributed by atoms with E-state index in [9.17, 15) is 0 Å². The van der Waals surface area contributed by atoms with Crippen molar-refractivity contribution in [2.45, 2.75) is 26.1 Å². The van der Waals surface area contributed by atoms with Crippen LogP contribution in [0.4, 0.5) is 0 Å². The van der Waals surface area contributed by atoms with Gasteiger partial charge in [-0.1, -0.05) is 6.07 Å². The predicted molar refractivity (Wildman–Crippen MR) is 69.7 cm³/mol. The number of rotatable bonds is 5. The first kappa shape index (κ1) is 13.1. The van der Waals surface area contributed by atoms with Gasteiger partial charge in [-0.05, 0) is 50.3 Å². The van der Waals surface area contributed by atoms with Crippen LogP contribution in [0.15, 0.2) is 18.2 Å². The van der Waals surface area contributed by atoms with Crippen molar-refractivity contribution in [2.75, 3.05) is 13.7 Å². The van der Waals surface area contributed by atoms with Crippen molar-refractivity contribution in [3.63, 3.8) is 0 Å². The molecule has 0 aliphatic rings. The molecule has 0 unspecified atom stereocenters. The summed E-state index contributed by atoms with van der Waals surface area (Å²) < 4.78 is 11.3. The van der Waals surface area contributed by atoms with Crippen molar-refractivity contribution in [3.8, 4) is 11.5 Å². The molecule has 0 heterocycles. The molecule has 0 aliphatic carbocycles. The zero-order chi connectivity index (χ0) is 12.2. The van der Waals surface area contributed by atoms with Gasteiger partial charge in [0, 0.05) is 0 Å². The Balaban J connectivity index is 2.97. The van der Waals surface area contributed by atoms with E-state index in [0.29, 0.717) is 6.54 Å². The lowest BCUT2D eigenvalue weighted by Crippen LogP contribution is -2.29. The molecule has 0 radical (unpaired) electrons. The second kappa shape index (κ2) is 5.36. The molecule has 0 saturated carbocycles. The van der Waals surface area contributed by atoms with Crippen molar-refractivity contribution in [1.82, 2.24) is 0 Å². The smallest absolute Gasteiger partial charge is 0.242 e. The van der Waals surface area contributed by atoms with Crippen LogP contribution in [0.25, 0.3) is 0 Å². The van der Waals surface area contributed by atoms with Crippen molar-refractivity contribution < 1.29 is 9.16 Å². The van der Waals surface area contributed by atoms with Crippen LogP contribution in [-0.4, -0.2) is 22.0 Å². The van der Waals surface area contributed by atoms with E-state index in [-0.39, 0.29) is 0 Å². The maximum absolute atomic E-state index is 5.98. The number of hydrogen-bond acceptors (Lipinski definition) is 3. The molecule has 4 heteroatoms. The van der Waals surface area contributed by atoms with E-state index in [1.807, 2.05) is 18.2 Å². The minimum Gasteiger partial charge on any atom is -0.542 e. The van der Waals surface area contributed by atoms with Crippen molar-refractivity contribution >= 4 is 8.32 Å². The Hall–Kier alpha value is -1.00. The molecule has 1 aromatic rings. The average Bonchev–Trinajstić information content (AvgIpc) is 2.16. The monoisotopic (exact) mass is 239 g/mol. The van der Waals surface area contributed by atoms with Crippen molar-refractivity contribution in [1.29, 1.82) is 0 Å². The van der Waals surface area contributed by atoms with Crippen LogP contribution in [0.5, 0.6) is 11.5 Å². The van der Waals surface area contributed by atoms with Crippen LogP contribution >= 0.6 is 0 Å². The predicted octanol–water partition coefficient (Wildman–Crippen LogP) is 2.41. The molecule has 0 bridgehead atoms. The summed E-state index contributed by atoms with van der Waals surface area (Å²) in [5, 5.41) is 0. The summed E-state index contributed by atoms with van der Waals surface area (Å²) in [7, 11) is 0.0589. The lowest BCUT2D eigenvalue weighted by atomic mass is 10.1. The van der Waals surface area contributed by atoms with Gasteiger partial charge in [0.15, 0.2) is 5.75 Å². The molecule has 1 rings (SSSR count). The van der Waals surface area contributed by atoms with Crippen LogP contribution in [0.1, 0.15) is 5.56 Å². The summed E-state index contributed by atoms with van der Waals surface area (Å²) in [6.45, 7) is 7.12. The second-order valence-electron chi connectivity index (χ2n) is 4.74. The largest absolute Gasteiger partial charge is 0.542 e. The SMILES string of the molecule is COc1ccc(CCN)cc1O[Si](C)(C)C. The Kier molecular flexibility index (Phi) is 4.38. The molecule has 0 aliphatic heterocycles. The Labute approximate surface area is 98.7 Å². The fraction of sp³-hybridized carbons (Fsp3) is 0.500. The summed E-state index contributed by atoms with van der Waals surface area (Å²) in [5.41, 5.74) is 6.74. The lowest BCUT2D eigenvalue weighted by molar-refractivity contribution is 0.392. The maximum atomic E-state index is 5.98. The van der Waals surface area contributed by atoms with Crippen LogP contribution in [0.2, 0.25) is 19.6 Å². The number of ether oxygens (including phenoxy) is 1. The van der Waals surface area contributed by atoms with Gasteiger partial charge in [0.25, 0.3) is 0 Å². The van der Waals surface area contributed by atoms with E-state index < -0.39 is 8.32 Å². The summed E-state index contributed by atoms with van der Waals surface area (Å²) in [6, 6.07) is 6.01. The highest BCUT2D eigenvalue weighted by Crippen LogP contribution is 2.30. The highest BCUT2D eigenvalue weighted by molar-refractivity contribution is 6.70. The molecule has 0 spiro atoms. The molecular formula is C12H21NO2Si. The molecule has 16 heavy (non-hydrogen) atoms. The Bertz CT molecular complexity index is 347. The highest BCUT2D eigenvalue weighted by atomic mass is 28.4. The third kappa shape index (κ3) is 3.87. The van der Waals surface area contributed by atoms with Gasteiger partial charge in [-0.3, -0.25) is 0 Å². The summed E-state index contributed by atoms with van der Waals surface area (Å²) in [6.07, 6.45) is 0.867. The Morgan fingerprint density at radius 1 is 1.19 bits per heavy atom. The fourth-order valence-corrected chi connectivity index (χ4v) is 2.27. The van der Waals surface area contributed by atoms with Gasteiger partial charge in [-0.2, -0.15) is 0 Å². The van der Waals surface area contributed by atoms with Gasteiger partial charge in [0.2, 0.25) is 8.32 Å². The number of methoxy groups -OCH3 is 1.